The Bertz CT molecular complexity index is 624. The van der Waals surface area contributed by atoms with Gasteiger partial charge in [-0.3, -0.25) is 4.79 Å². The number of nitrogens with one attached hydrogen (secondary N) is 1. The van der Waals surface area contributed by atoms with Crippen LogP contribution in [0, 0.1) is 17.5 Å². The summed E-state index contributed by atoms with van der Waals surface area (Å²) in [7, 11) is 0. The Morgan fingerprint density at radius 2 is 1.67 bits per heavy atom. The molecule has 3 nitrogen and oxygen atoms in total. The van der Waals surface area contributed by atoms with Crippen molar-refractivity contribution in [3.63, 3.8) is 0 Å². The molecule has 2 aromatic carbocycles. The average molecular weight is 295 g/mol. The zero-order chi connectivity index (χ0) is 15.4. The molecule has 0 bridgehead atoms. The molecule has 21 heavy (non-hydrogen) atoms. The van der Waals surface area contributed by atoms with Crippen molar-refractivity contribution in [2.45, 2.75) is 5.92 Å². The summed E-state index contributed by atoms with van der Waals surface area (Å²) in [5.74, 6) is -5.35. The van der Waals surface area contributed by atoms with Crippen molar-refractivity contribution in [1.29, 1.82) is 0 Å². The molecule has 0 saturated carbocycles. The van der Waals surface area contributed by atoms with E-state index in [0.717, 1.165) is 0 Å². The van der Waals surface area contributed by atoms with Gasteiger partial charge < -0.3 is 10.4 Å². The predicted molar refractivity (Wildman–Crippen MR) is 71.6 cm³/mol. The molecule has 1 unspecified atom stereocenters. The first-order valence-corrected chi connectivity index (χ1v) is 6.15. The monoisotopic (exact) mass is 295 g/mol. The van der Waals surface area contributed by atoms with Gasteiger partial charge in [0.2, 0.25) is 0 Å². The number of rotatable bonds is 5. The summed E-state index contributed by atoms with van der Waals surface area (Å²) >= 11 is 0. The van der Waals surface area contributed by atoms with Crippen molar-refractivity contribution in [2.24, 2.45) is 0 Å². The molecule has 2 aromatic rings. The molecule has 2 rings (SSSR count). The van der Waals surface area contributed by atoms with E-state index in [-0.39, 0.29) is 6.54 Å². The van der Waals surface area contributed by atoms with Gasteiger partial charge in [0.1, 0.15) is 11.5 Å². The first kappa shape index (κ1) is 14.9. The zero-order valence-electron chi connectivity index (χ0n) is 10.8. The van der Waals surface area contributed by atoms with Crippen molar-refractivity contribution < 1.29 is 23.1 Å². The van der Waals surface area contributed by atoms with Gasteiger partial charge in [-0.15, -0.1) is 0 Å². The van der Waals surface area contributed by atoms with E-state index in [2.05, 4.69) is 5.32 Å². The fourth-order valence-corrected chi connectivity index (χ4v) is 1.95. The summed E-state index contributed by atoms with van der Waals surface area (Å²) in [5.41, 5.74) is -0.0426. The number of aliphatic carboxylic acids is 1. The lowest BCUT2D eigenvalue weighted by Crippen LogP contribution is -2.21. The Kier molecular flexibility index (Phi) is 4.47. The maximum atomic E-state index is 13.5. The first-order chi connectivity index (χ1) is 9.99. The van der Waals surface area contributed by atoms with Crippen molar-refractivity contribution in [1.82, 2.24) is 0 Å². The molecule has 0 heterocycles. The summed E-state index contributed by atoms with van der Waals surface area (Å²) in [6, 6.07) is 9.35. The van der Waals surface area contributed by atoms with E-state index in [1.807, 2.05) is 0 Å². The van der Waals surface area contributed by atoms with Crippen molar-refractivity contribution in [3.8, 4) is 0 Å². The molecule has 0 radical (unpaired) electrons. The molecule has 0 fully saturated rings. The van der Waals surface area contributed by atoms with E-state index in [4.69, 9.17) is 0 Å². The van der Waals surface area contributed by atoms with Crippen LogP contribution in [0.2, 0.25) is 0 Å². The smallest absolute Gasteiger partial charge is 0.312 e. The quantitative estimate of drug-likeness (QED) is 0.889. The maximum Gasteiger partial charge on any atom is 0.312 e. The second kappa shape index (κ2) is 6.30. The number of anilines is 1. The van der Waals surface area contributed by atoms with Crippen molar-refractivity contribution in [3.05, 3.63) is 65.5 Å². The third-order valence-electron chi connectivity index (χ3n) is 2.99. The van der Waals surface area contributed by atoms with Crippen LogP contribution >= 0.6 is 0 Å². The number of halogens is 3. The number of hydrogen-bond donors (Lipinski definition) is 2. The van der Waals surface area contributed by atoms with Gasteiger partial charge in [-0.2, -0.15) is 0 Å². The van der Waals surface area contributed by atoms with Crippen LogP contribution in [0.3, 0.4) is 0 Å². The predicted octanol–water partition coefficient (Wildman–Crippen LogP) is 3.38. The van der Waals surface area contributed by atoms with Crippen LogP contribution in [0.15, 0.2) is 42.5 Å². The number of carboxylic acids is 1. The van der Waals surface area contributed by atoms with Gasteiger partial charge in [-0.05, 0) is 5.56 Å². The van der Waals surface area contributed by atoms with Gasteiger partial charge in [0, 0.05) is 18.7 Å². The van der Waals surface area contributed by atoms with Crippen LogP contribution in [0.25, 0.3) is 0 Å². The molecule has 0 aliphatic heterocycles. The molecule has 0 spiro atoms. The standard InChI is InChI=1S/C15H12F3NO2/c16-10-6-12(17)14(13(18)7-10)19-8-11(15(20)21)9-4-2-1-3-5-9/h1-7,11,19H,8H2,(H,20,21). The second-order valence-corrected chi connectivity index (χ2v) is 4.43. The van der Waals surface area contributed by atoms with E-state index < -0.39 is 35.0 Å². The van der Waals surface area contributed by atoms with E-state index in [0.29, 0.717) is 17.7 Å². The maximum absolute atomic E-state index is 13.5. The van der Waals surface area contributed by atoms with Crippen molar-refractivity contribution >= 4 is 11.7 Å². The van der Waals surface area contributed by atoms with Crippen LogP contribution in [-0.2, 0) is 4.79 Å². The van der Waals surface area contributed by atoms with Crippen LogP contribution in [0.4, 0.5) is 18.9 Å². The average Bonchev–Trinajstić information content (AvgIpc) is 2.42. The first-order valence-electron chi connectivity index (χ1n) is 6.15. The minimum atomic E-state index is -1.13. The third-order valence-corrected chi connectivity index (χ3v) is 2.99. The lowest BCUT2D eigenvalue weighted by atomic mass is 9.99. The van der Waals surface area contributed by atoms with Gasteiger partial charge in [-0.1, -0.05) is 30.3 Å². The Morgan fingerprint density at radius 3 is 2.19 bits per heavy atom. The van der Waals surface area contributed by atoms with Gasteiger partial charge in [0.25, 0.3) is 0 Å². The molecule has 0 saturated heterocycles. The Hall–Kier alpha value is -2.50. The summed E-state index contributed by atoms with van der Waals surface area (Å²) in [6.45, 7) is -0.223. The van der Waals surface area contributed by atoms with Gasteiger partial charge in [-0.25, -0.2) is 13.2 Å². The fourth-order valence-electron chi connectivity index (χ4n) is 1.95. The van der Waals surface area contributed by atoms with Gasteiger partial charge in [0.15, 0.2) is 11.6 Å². The molecule has 0 aliphatic rings. The Labute approximate surface area is 119 Å². The van der Waals surface area contributed by atoms with Crippen LogP contribution in [-0.4, -0.2) is 17.6 Å². The van der Waals surface area contributed by atoms with E-state index in [1.54, 1.807) is 30.3 Å². The minimum absolute atomic E-state index is 0.223. The molecule has 110 valence electrons. The highest BCUT2D eigenvalue weighted by molar-refractivity contribution is 5.77. The lowest BCUT2D eigenvalue weighted by molar-refractivity contribution is -0.138. The molecule has 6 heteroatoms. The molecule has 0 aromatic heterocycles. The largest absolute Gasteiger partial charge is 0.481 e. The number of carboxylic acid groups (broad SMARTS) is 1. The van der Waals surface area contributed by atoms with E-state index >= 15 is 0 Å². The Balaban J connectivity index is 2.19. The lowest BCUT2D eigenvalue weighted by Gasteiger charge is -2.15. The summed E-state index contributed by atoms with van der Waals surface area (Å²) in [6.07, 6.45) is 0. The highest BCUT2D eigenvalue weighted by Gasteiger charge is 2.21. The van der Waals surface area contributed by atoms with Gasteiger partial charge >= 0.3 is 5.97 Å². The SMILES string of the molecule is O=C(O)C(CNc1c(F)cc(F)cc1F)c1ccccc1. The normalized spacial score (nSPS) is 12.0. The third kappa shape index (κ3) is 3.53. The van der Waals surface area contributed by atoms with Crippen molar-refractivity contribution in [2.75, 3.05) is 11.9 Å². The fraction of sp³-hybridized carbons (Fsp3) is 0.133. The van der Waals surface area contributed by atoms with Crippen LogP contribution in [0.5, 0.6) is 0 Å². The second-order valence-electron chi connectivity index (χ2n) is 4.43. The van der Waals surface area contributed by atoms with E-state index in [1.165, 1.54) is 0 Å². The minimum Gasteiger partial charge on any atom is -0.481 e. The molecule has 2 N–H and O–H groups in total. The highest BCUT2D eigenvalue weighted by atomic mass is 19.1. The molecule has 0 amide bonds. The molecule has 0 aliphatic carbocycles. The summed E-state index contributed by atoms with van der Waals surface area (Å²) < 4.78 is 39.7. The topological polar surface area (TPSA) is 49.3 Å². The number of hydrogen-bond acceptors (Lipinski definition) is 2. The molecular formula is C15H12F3NO2. The zero-order valence-corrected chi connectivity index (χ0v) is 10.8. The van der Waals surface area contributed by atoms with E-state index in [9.17, 15) is 23.1 Å². The molecular weight excluding hydrogens is 283 g/mol. The highest BCUT2D eigenvalue weighted by Crippen LogP contribution is 2.22. The Morgan fingerprint density at radius 1 is 1.10 bits per heavy atom. The van der Waals surface area contributed by atoms with Crippen LogP contribution < -0.4 is 5.32 Å². The molecule has 1 atom stereocenters. The summed E-state index contributed by atoms with van der Waals surface area (Å²) in [4.78, 5) is 11.3. The number of carbonyl (C=O) groups is 1. The van der Waals surface area contributed by atoms with Gasteiger partial charge in [0.05, 0.1) is 5.92 Å². The summed E-state index contributed by atoms with van der Waals surface area (Å²) in [5, 5.41) is 11.6. The van der Waals surface area contributed by atoms with Crippen LogP contribution in [0.1, 0.15) is 11.5 Å². The number of benzene rings is 2.